The summed E-state index contributed by atoms with van der Waals surface area (Å²) in [6.07, 6.45) is 4.34. The van der Waals surface area contributed by atoms with Gasteiger partial charge in [0, 0.05) is 24.7 Å². The average molecular weight is 364 g/mol. The number of amides is 1. The first-order valence-corrected chi connectivity index (χ1v) is 9.85. The van der Waals surface area contributed by atoms with Gasteiger partial charge in [0.15, 0.2) is 0 Å². The van der Waals surface area contributed by atoms with E-state index in [9.17, 15) is 4.79 Å². The molecule has 4 nitrogen and oxygen atoms in total. The van der Waals surface area contributed by atoms with Gasteiger partial charge in [-0.3, -0.25) is 9.69 Å². The maximum Gasteiger partial charge on any atom is 0.240 e. The van der Waals surface area contributed by atoms with E-state index < -0.39 is 0 Å². The maximum atomic E-state index is 13.3. The van der Waals surface area contributed by atoms with Gasteiger partial charge in [-0.25, -0.2) is 0 Å². The molecule has 1 aromatic rings. The molecule has 3 rings (SSSR count). The van der Waals surface area contributed by atoms with Crippen LogP contribution in [0.15, 0.2) is 24.3 Å². The molecule has 2 fully saturated rings. The first-order chi connectivity index (χ1) is 12.0. The lowest BCUT2D eigenvalue weighted by atomic mass is 9.77. The normalized spacial score (nSPS) is 23.1. The van der Waals surface area contributed by atoms with Crippen molar-refractivity contribution in [1.82, 2.24) is 15.1 Å². The van der Waals surface area contributed by atoms with Crippen LogP contribution in [0.2, 0.25) is 5.02 Å². The highest BCUT2D eigenvalue weighted by Crippen LogP contribution is 2.41. The van der Waals surface area contributed by atoms with Crippen LogP contribution < -0.4 is 5.32 Å². The average Bonchev–Trinajstić information content (AvgIpc) is 2.90. The zero-order valence-corrected chi connectivity index (χ0v) is 16.2. The van der Waals surface area contributed by atoms with E-state index >= 15 is 0 Å². The predicted octanol–water partition coefficient (Wildman–Crippen LogP) is 3.15. The summed E-state index contributed by atoms with van der Waals surface area (Å²) in [6, 6.07) is 7.86. The van der Waals surface area contributed by atoms with Gasteiger partial charge in [-0.15, -0.1) is 0 Å². The summed E-state index contributed by atoms with van der Waals surface area (Å²) in [6.45, 7) is 6.77. The van der Waals surface area contributed by atoms with E-state index in [0.717, 1.165) is 49.6 Å². The van der Waals surface area contributed by atoms with Crippen molar-refractivity contribution in [3.8, 4) is 0 Å². The van der Waals surface area contributed by atoms with Gasteiger partial charge in [0.05, 0.1) is 6.04 Å². The van der Waals surface area contributed by atoms with Crippen molar-refractivity contribution >= 4 is 17.5 Å². The zero-order valence-electron chi connectivity index (χ0n) is 15.4. The van der Waals surface area contributed by atoms with E-state index in [1.807, 2.05) is 23.1 Å². The summed E-state index contributed by atoms with van der Waals surface area (Å²) >= 11 is 6.12. The van der Waals surface area contributed by atoms with Crippen LogP contribution in [0, 0.1) is 5.41 Å². The summed E-state index contributed by atoms with van der Waals surface area (Å²) in [4.78, 5) is 17.6. The fourth-order valence-electron chi connectivity index (χ4n) is 4.47. The second kappa shape index (κ2) is 8.07. The van der Waals surface area contributed by atoms with Gasteiger partial charge in [0.2, 0.25) is 5.91 Å². The molecule has 1 atom stereocenters. The third kappa shape index (κ3) is 4.36. The molecule has 2 saturated heterocycles. The third-order valence-corrected chi connectivity index (χ3v) is 6.00. The number of hydrogen-bond donors (Lipinski definition) is 1. The summed E-state index contributed by atoms with van der Waals surface area (Å²) in [7, 11) is 2.11. The molecule has 0 aliphatic carbocycles. The predicted molar refractivity (Wildman–Crippen MR) is 103 cm³/mol. The Labute approximate surface area is 156 Å². The topological polar surface area (TPSA) is 35.6 Å². The number of benzene rings is 1. The van der Waals surface area contributed by atoms with Crippen LogP contribution in [0.4, 0.5) is 0 Å². The highest BCUT2D eigenvalue weighted by atomic mass is 35.5. The Morgan fingerprint density at radius 1 is 1.40 bits per heavy atom. The van der Waals surface area contributed by atoms with Gasteiger partial charge in [-0.05, 0) is 68.9 Å². The number of hydrogen-bond acceptors (Lipinski definition) is 3. The Kier molecular flexibility index (Phi) is 6.03. The van der Waals surface area contributed by atoms with Crippen LogP contribution in [0.1, 0.15) is 38.2 Å². The first kappa shape index (κ1) is 18.7. The van der Waals surface area contributed by atoms with Crippen LogP contribution in [0.5, 0.6) is 0 Å². The van der Waals surface area contributed by atoms with Gasteiger partial charge in [-0.1, -0.05) is 30.7 Å². The molecule has 5 heteroatoms. The molecule has 0 bridgehead atoms. The molecule has 1 N–H and O–H groups in total. The van der Waals surface area contributed by atoms with Crippen molar-refractivity contribution < 1.29 is 4.79 Å². The quantitative estimate of drug-likeness (QED) is 0.872. The molecule has 0 unspecified atom stereocenters. The number of carbonyl (C=O) groups is 1. The van der Waals surface area contributed by atoms with Crippen molar-refractivity contribution in [1.29, 1.82) is 0 Å². The van der Waals surface area contributed by atoms with Gasteiger partial charge in [-0.2, -0.15) is 0 Å². The third-order valence-electron chi connectivity index (χ3n) is 5.76. The van der Waals surface area contributed by atoms with Crippen LogP contribution in [0.3, 0.4) is 0 Å². The molecule has 2 aliphatic rings. The highest BCUT2D eigenvalue weighted by Gasteiger charge is 2.46. The van der Waals surface area contributed by atoms with Crippen molar-refractivity contribution in [3.63, 3.8) is 0 Å². The SMILES string of the molecule is CCCN(Cc1cccc(Cl)c1)C(=O)[C@@H]1CC2(CCNCC2)CN1C. The molecule has 1 amide bonds. The van der Waals surface area contributed by atoms with Crippen LogP contribution in [-0.2, 0) is 11.3 Å². The number of nitrogens with zero attached hydrogens (tertiary/aromatic N) is 2. The molecule has 1 spiro atoms. The Balaban J connectivity index is 1.71. The lowest BCUT2D eigenvalue weighted by Crippen LogP contribution is -2.44. The van der Waals surface area contributed by atoms with E-state index in [1.165, 1.54) is 12.8 Å². The van der Waals surface area contributed by atoms with Gasteiger partial charge in [0.25, 0.3) is 0 Å². The lowest BCUT2D eigenvalue weighted by Gasteiger charge is -2.33. The van der Waals surface area contributed by atoms with Gasteiger partial charge in [0.1, 0.15) is 0 Å². The minimum atomic E-state index is 0.0174. The zero-order chi connectivity index (χ0) is 17.9. The Morgan fingerprint density at radius 2 is 2.16 bits per heavy atom. The summed E-state index contributed by atoms with van der Waals surface area (Å²) < 4.78 is 0. The monoisotopic (exact) mass is 363 g/mol. The van der Waals surface area contributed by atoms with E-state index in [1.54, 1.807) is 0 Å². The van der Waals surface area contributed by atoms with Crippen LogP contribution >= 0.6 is 11.6 Å². The minimum absolute atomic E-state index is 0.0174. The number of piperidine rings is 1. The number of carbonyl (C=O) groups excluding carboxylic acids is 1. The molecule has 138 valence electrons. The molecule has 0 radical (unpaired) electrons. The molecular weight excluding hydrogens is 334 g/mol. The van der Waals surface area contributed by atoms with Crippen LogP contribution in [-0.4, -0.2) is 55.0 Å². The first-order valence-electron chi connectivity index (χ1n) is 9.47. The molecule has 2 heterocycles. The number of halogens is 1. The number of likely N-dealkylation sites (N-methyl/N-ethyl adjacent to an activating group) is 1. The van der Waals surface area contributed by atoms with E-state index in [2.05, 4.69) is 30.3 Å². The molecule has 1 aromatic carbocycles. The van der Waals surface area contributed by atoms with Gasteiger partial charge >= 0.3 is 0 Å². The minimum Gasteiger partial charge on any atom is -0.337 e. The molecular formula is C20H30ClN3O. The fraction of sp³-hybridized carbons (Fsp3) is 0.650. The highest BCUT2D eigenvalue weighted by molar-refractivity contribution is 6.30. The Bertz CT molecular complexity index is 600. The van der Waals surface area contributed by atoms with Crippen molar-refractivity contribution in [2.24, 2.45) is 5.41 Å². The molecule has 2 aliphatic heterocycles. The Morgan fingerprint density at radius 3 is 2.84 bits per heavy atom. The fourth-order valence-corrected chi connectivity index (χ4v) is 4.68. The van der Waals surface area contributed by atoms with Crippen molar-refractivity contribution in [2.45, 2.75) is 45.2 Å². The number of nitrogens with one attached hydrogen (secondary N) is 1. The summed E-state index contributed by atoms with van der Waals surface area (Å²) in [5.41, 5.74) is 1.43. The summed E-state index contributed by atoms with van der Waals surface area (Å²) in [5, 5.41) is 4.18. The summed E-state index contributed by atoms with van der Waals surface area (Å²) in [5.74, 6) is 0.278. The van der Waals surface area contributed by atoms with E-state index in [0.29, 0.717) is 12.0 Å². The molecule has 0 saturated carbocycles. The molecule has 0 aromatic heterocycles. The maximum absolute atomic E-state index is 13.3. The largest absolute Gasteiger partial charge is 0.337 e. The number of likely N-dealkylation sites (tertiary alicyclic amines) is 1. The van der Waals surface area contributed by atoms with E-state index in [4.69, 9.17) is 11.6 Å². The van der Waals surface area contributed by atoms with E-state index in [-0.39, 0.29) is 11.9 Å². The smallest absolute Gasteiger partial charge is 0.240 e. The van der Waals surface area contributed by atoms with Crippen molar-refractivity contribution in [2.75, 3.05) is 33.2 Å². The number of rotatable bonds is 5. The second-order valence-electron chi connectivity index (χ2n) is 7.77. The molecule has 25 heavy (non-hydrogen) atoms. The second-order valence-corrected chi connectivity index (χ2v) is 8.21. The standard InChI is InChI=1S/C20H30ClN3O/c1-3-11-24(14-16-5-4-6-17(21)12-16)19(25)18-13-20(15-23(18)2)7-9-22-10-8-20/h4-6,12,18,22H,3,7-11,13-15H2,1-2H3/t18-/m0/s1. The van der Waals surface area contributed by atoms with Gasteiger partial charge < -0.3 is 10.2 Å². The Hall–Kier alpha value is -1.10. The lowest BCUT2D eigenvalue weighted by molar-refractivity contribution is -0.136. The van der Waals surface area contributed by atoms with Crippen molar-refractivity contribution in [3.05, 3.63) is 34.9 Å². The van der Waals surface area contributed by atoms with Crippen LogP contribution in [0.25, 0.3) is 0 Å².